The van der Waals surface area contributed by atoms with Gasteiger partial charge >= 0.3 is 0 Å². The second-order valence-corrected chi connectivity index (χ2v) is 5.06. The molecule has 1 aromatic rings. The highest BCUT2D eigenvalue weighted by Gasteiger charge is 2.18. The number of hydrogen-bond donors (Lipinski definition) is 1. The van der Waals surface area contributed by atoms with Crippen LogP contribution in [0, 0.1) is 0 Å². The molecule has 1 saturated heterocycles. The zero-order valence-corrected chi connectivity index (χ0v) is 11.4. The van der Waals surface area contributed by atoms with Gasteiger partial charge in [0.2, 0.25) is 0 Å². The first-order chi connectivity index (χ1) is 8.11. The van der Waals surface area contributed by atoms with Crippen LogP contribution >= 0.6 is 23.2 Å². The van der Waals surface area contributed by atoms with Crippen molar-refractivity contribution in [3.63, 3.8) is 0 Å². The van der Waals surface area contributed by atoms with E-state index in [-0.39, 0.29) is 0 Å². The molecule has 17 heavy (non-hydrogen) atoms. The minimum atomic E-state index is 0.514. The summed E-state index contributed by atoms with van der Waals surface area (Å²) in [6.07, 6.45) is 0. The normalized spacial score (nSPS) is 17.5. The summed E-state index contributed by atoms with van der Waals surface area (Å²) in [4.78, 5) is 4.69. The van der Waals surface area contributed by atoms with Gasteiger partial charge in [-0.05, 0) is 18.7 Å². The van der Waals surface area contributed by atoms with Crippen LogP contribution in [-0.4, -0.2) is 37.6 Å². The largest absolute Gasteiger partial charge is 0.397 e. The molecule has 1 aromatic carbocycles. The van der Waals surface area contributed by atoms with Crippen molar-refractivity contribution in [2.45, 2.75) is 6.92 Å². The Kier molecular flexibility index (Phi) is 4.02. The van der Waals surface area contributed by atoms with Crippen LogP contribution in [0.1, 0.15) is 6.92 Å². The van der Waals surface area contributed by atoms with Gasteiger partial charge in [-0.3, -0.25) is 0 Å². The second-order valence-electron chi connectivity index (χ2n) is 4.25. The molecule has 1 aliphatic heterocycles. The highest BCUT2D eigenvalue weighted by atomic mass is 35.5. The molecule has 0 radical (unpaired) electrons. The predicted octanol–water partition coefficient (Wildman–Crippen LogP) is 2.72. The molecule has 0 saturated carbocycles. The highest BCUT2D eigenvalue weighted by molar-refractivity contribution is 6.42. The maximum absolute atomic E-state index is 6.04. The third-order valence-corrected chi connectivity index (χ3v) is 3.95. The van der Waals surface area contributed by atoms with Crippen molar-refractivity contribution in [2.24, 2.45) is 0 Å². The summed E-state index contributed by atoms with van der Waals surface area (Å²) in [5.41, 5.74) is 7.68. The molecular formula is C12H17Cl2N3. The average molecular weight is 274 g/mol. The van der Waals surface area contributed by atoms with Gasteiger partial charge in [0.05, 0.1) is 21.4 Å². The van der Waals surface area contributed by atoms with Crippen molar-refractivity contribution < 1.29 is 0 Å². The van der Waals surface area contributed by atoms with Crippen LogP contribution in [0.4, 0.5) is 11.4 Å². The maximum atomic E-state index is 6.04. The minimum absolute atomic E-state index is 0.514. The monoisotopic (exact) mass is 273 g/mol. The van der Waals surface area contributed by atoms with Crippen molar-refractivity contribution in [2.75, 3.05) is 43.4 Å². The van der Waals surface area contributed by atoms with Crippen molar-refractivity contribution in [1.29, 1.82) is 0 Å². The molecule has 0 unspecified atom stereocenters. The molecule has 0 aromatic heterocycles. The van der Waals surface area contributed by atoms with Gasteiger partial charge in [-0.2, -0.15) is 0 Å². The molecule has 0 aliphatic carbocycles. The molecular weight excluding hydrogens is 257 g/mol. The molecule has 3 nitrogen and oxygen atoms in total. The summed E-state index contributed by atoms with van der Waals surface area (Å²) < 4.78 is 0. The first-order valence-electron chi connectivity index (χ1n) is 5.83. The van der Waals surface area contributed by atoms with Crippen LogP contribution in [0.5, 0.6) is 0 Å². The first-order valence-corrected chi connectivity index (χ1v) is 6.59. The highest BCUT2D eigenvalue weighted by Crippen LogP contribution is 2.33. The molecule has 0 bridgehead atoms. The Morgan fingerprint density at radius 2 is 1.71 bits per heavy atom. The number of rotatable bonds is 2. The standard InChI is InChI=1S/C12H17Cl2N3/c1-2-16-3-5-17(6-4-16)12-8-10(14)9(13)7-11(12)15/h7-8H,2-6,15H2,1H3. The lowest BCUT2D eigenvalue weighted by Gasteiger charge is -2.36. The number of nitrogen functional groups attached to an aromatic ring is 1. The van der Waals surface area contributed by atoms with Gasteiger partial charge in [0.25, 0.3) is 0 Å². The van der Waals surface area contributed by atoms with Gasteiger partial charge in [0.1, 0.15) is 0 Å². The van der Waals surface area contributed by atoms with E-state index in [1.807, 2.05) is 6.07 Å². The molecule has 0 amide bonds. The minimum Gasteiger partial charge on any atom is -0.397 e. The number of anilines is 2. The second kappa shape index (κ2) is 5.34. The van der Waals surface area contributed by atoms with Crippen molar-refractivity contribution in [3.8, 4) is 0 Å². The fourth-order valence-corrected chi connectivity index (χ4v) is 2.46. The lowest BCUT2D eigenvalue weighted by molar-refractivity contribution is 0.271. The van der Waals surface area contributed by atoms with Crippen molar-refractivity contribution in [1.82, 2.24) is 4.90 Å². The lowest BCUT2D eigenvalue weighted by atomic mass is 10.2. The van der Waals surface area contributed by atoms with Crippen LogP contribution < -0.4 is 10.6 Å². The number of halogens is 2. The Bertz CT molecular complexity index is 401. The predicted molar refractivity (Wildman–Crippen MR) is 75.2 cm³/mol. The third kappa shape index (κ3) is 2.79. The van der Waals surface area contributed by atoms with E-state index >= 15 is 0 Å². The number of hydrogen-bond acceptors (Lipinski definition) is 3. The number of nitrogens with two attached hydrogens (primary N) is 1. The Balaban J connectivity index is 2.16. The summed E-state index contributed by atoms with van der Waals surface area (Å²) in [7, 11) is 0. The summed E-state index contributed by atoms with van der Waals surface area (Å²) in [6.45, 7) is 7.38. The van der Waals surface area contributed by atoms with Gasteiger partial charge in [0.15, 0.2) is 0 Å². The van der Waals surface area contributed by atoms with Crippen LogP contribution in [0.15, 0.2) is 12.1 Å². The average Bonchev–Trinajstić information content (AvgIpc) is 2.34. The Hall–Kier alpha value is -0.640. The Morgan fingerprint density at radius 1 is 1.12 bits per heavy atom. The molecule has 0 atom stereocenters. The smallest absolute Gasteiger partial charge is 0.0616 e. The summed E-state index contributed by atoms with van der Waals surface area (Å²) in [5, 5.41) is 1.08. The zero-order valence-electron chi connectivity index (χ0n) is 9.92. The van der Waals surface area contributed by atoms with Crippen LogP contribution in [0.2, 0.25) is 10.0 Å². The number of piperazine rings is 1. The molecule has 2 rings (SSSR count). The quantitative estimate of drug-likeness (QED) is 0.842. The SMILES string of the molecule is CCN1CCN(c2cc(Cl)c(Cl)cc2N)CC1. The van der Waals surface area contributed by atoms with E-state index in [2.05, 4.69) is 16.7 Å². The molecule has 94 valence electrons. The van der Waals surface area contributed by atoms with Gasteiger partial charge < -0.3 is 15.5 Å². The molecule has 1 aliphatic rings. The molecule has 2 N–H and O–H groups in total. The lowest BCUT2D eigenvalue weighted by Crippen LogP contribution is -2.46. The van der Waals surface area contributed by atoms with E-state index in [0.29, 0.717) is 15.7 Å². The summed E-state index contributed by atoms with van der Waals surface area (Å²) >= 11 is 12.0. The zero-order chi connectivity index (χ0) is 12.4. The van der Waals surface area contributed by atoms with Crippen LogP contribution in [-0.2, 0) is 0 Å². The Labute approximate surface area is 112 Å². The number of likely N-dealkylation sites (N-methyl/N-ethyl adjacent to an activating group) is 1. The van der Waals surface area contributed by atoms with Crippen LogP contribution in [0.25, 0.3) is 0 Å². The molecule has 1 fully saturated rings. The number of nitrogens with zero attached hydrogens (tertiary/aromatic N) is 2. The fourth-order valence-electron chi connectivity index (χ4n) is 2.13. The van der Waals surface area contributed by atoms with Gasteiger partial charge in [-0.25, -0.2) is 0 Å². The van der Waals surface area contributed by atoms with Gasteiger partial charge in [-0.1, -0.05) is 30.1 Å². The van der Waals surface area contributed by atoms with E-state index < -0.39 is 0 Å². The van der Waals surface area contributed by atoms with Gasteiger partial charge in [-0.15, -0.1) is 0 Å². The molecule has 1 heterocycles. The summed E-state index contributed by atoms with van der Waals surface area (Å²) in [6, 6.07) is 3.59. The topological polar surface area (TPSA) is 32.5 Å². The summed E-state index contributed by atoms with van der Waals surface area (Å²) in [5.74, 6) is 0. The van der Waals surface area contributed by atoms with E-state index in [9.17, 15) is 0 Å². The fraction of sp³-hybridized carbons (Fsp3) is 0.500. The van der Waals surface area contributed by atoms with E-state index in [1.165, 1.54) is 0 Å². The molecule has 5 heteroatoms. The van der Waals surface area contributed by atoms with E-state index in [4.69, 9.17) is 28.9 Å². The number of benzene rings is 1. The van der Waals surface area contributed by atoms with Gasteiger partial charge in [0, 0.05) is 26.2 Å². The first kappa shape index (κ1) is 12.8. The maximum Gasteiger partial charge on any atom is 0.0616 e. The van der Waals surface area contributed by atoms with Crippen molar-refractivity contribution in [3.05, 3.63) is 22.2 Å². The van der Waals surface area contributed by atoms with E-state index in [1.54, 1.807) is 6.07 Å². The van der Waals surface area contributed by atoms with Crippen molar-refractivity contribution >= 4 is 34.6 Å². The van der Waals surface area contributed by atoms with E-state index in [0.717, 1.165) is 38.4 Å². The van der Waals surface area contributed by atoms with Crippen LogP contribution in [0.3, 0.4) is 0 Å². The third-order valence-electron chi connectivity index (χ3n) is 3.23. The Morgan fingerprint density at radius 3 is 2.29 bits per heavy atom. The molecule has 0 spiro atoms.